The van der Waals surface area contributed by atoms with E-state index in [2.05, 4.69) is 45.0 Å². The molecule has 0 aliphatic heterocycles. The molecule has 0 radical (unpaired) electrons. The summed E-state index contributed by atoms with van der Waals surface area (Å²) in [6, 6.07) is 18.3. The molecule has 2 aromatic carbocycles. The summed E-state index contributed by atoms with van der Waals surface area (Å²) in [6.07, 6.45) is 2.46. The first-order valence-corrected chi connectivity index (χ1v) is 8.25. The lowest BCUT2D eigenvalue weighted by molar-refractivity contribution is -0.139. The van der Waals surface area contributed by atoms with Gasteiger partial charge in [-0.15, -0.1) is 0 Å². The predicted octanol–water partition coefficient (Wildman–Crippen LogP) is 5.18. The molecule has 0 spiro atoms. The third-order valence-corrected chi connectivity index (χ3v) is 4.28. The van der Waals surface area contributed by atoms with Crippen LogP contribution in [0.1, 0.15) is 56.2 Å². The molecule has 0 saturated heterocycles. The van der Waals surface area contributed by atoms with Gasteiger partial charge in [-0.2, -0.15) is 0 Å². The number of carboxylic acids is 1. The summed E-state index contributed by atoms with van der Waals surface area (Å²) in [7, 11) is 0. The van der Waals surface area contributed by atoms with Crippen LogP contribution in [0.4, 0.5) is 0 Å². The van der Waals surface area contributed by atoms with Crippen molar-refractivity contribution >= 4 is 5.97 Å². The minimum absolute atomic E-state index is 0.0879. The summed E-state index contributed by atoms with van der Waals surface area (Å²) < 4.78 is 0. The molecule has 2 nitrogen and oxygen atoms in total. The van der Waals surface area contributed by atoms with E-state index in [1.807, 2.05) is 30.3 Å². The lowest BCUT2D eigenvalue weighted by Crippen LogP contribution is -2.14. The van der Waals surface area contributed by atoms with Gasteiger partial charge >= 0.3 is 5.97 Å². The first kappa shape index (κ1) is 17.3. The molecular weight excluding hydrogens is 284 g/mol. The summed E-state index contributed by atoms with van der Waals surface area (Å²) >= 11 is 0. The van der Waals surface area contributed by atoms with Crippen LogP contribution in [0.5, 0.6) is 0 Å². The molecule has 2 heteroatoms. The van der Waals surface area contributed by atoms with Crippen LogP contribution in [0.2, 0.25) is 0 Å². The average molecular weight is 310 g/mol. The number of carboxylic acid groups (broad SMARTS) is 1. The van der Waals surface area contributed by atoms with E-state index in [1.165, 1.54) is 11.1 Å². The summed E-state index contributed by atoms with van der Waals surface area (Å²) in [5, 5.41) is 9.55. The van der Waals surface area contributed by atoms with E-state index in [0.29, 0.717) is 6.42 Å². The monoisotopic (exact) mass is 310 g/mol. The zero-order chi connectivity index (χ0) is 16.9. The highest BCUT2D eigenvalue weighted by Gasteiger charge is 2.20. The third kappa shape index (κ3) is 4.95. The molecular formula is C21H26O2. The molecule has 0 aliphatic carbocycles. The molecule has 122 valence electrons. The molecule has 0 heterocycles. The highest BCUT2D eigenvalue weighted by atomic mass is 16.4. The fraction of sp³-hybridized carbons (Fsp3) is 0.381. The molecule has 1 N–H and O–H groups in total. The minimum atomic E-state index is -0.735. The zero-order valence-corrected chi connectivity index (χ0v) is 14.3. The molecule has 0 saturated carbocycles. The highest BCUT2D eigenvalue weighted by Crippen LogP contribution is 2.27. The van der Waals surface area contributed by atoms with Crippen LogP contribution < -0.4 is 0 Å². The number of hydrogen-bond acceptors (Lipinski definition) is 1. The van der Waals surface area contributed by atoms with Gasteiger partial charge in [-0.3, -0.25) is 4.79 Å². The SMILES string of the molecule is CC(C)(C)c1ccc(C(CCCc2ccccc2)C(=O)O)cc1. The van der Waals surface area contributed by atoms with Gasteiger partial charge in [0.25, 0.3) is 0 Å². The number of carbonyl (C=O) groups is 1. The Morgan fingerprint density at radius 2 is 1.61 bits per heavy atom. The molecule has 1 unspecified atom stereocenters. The summed E-state index contributed by atoms with van der Waals surface area (Å²) in [4.78, 5) is 11.6. The molecule has 0 amide bonds. The minimum Gasteiger partial charge on any atom is -0.481 e. The summed E-state index contributed by atoms with van der Waals surface area (Å²) in [5.41, 5.74) is 3.48. The van der Waals surface area contributed by atoms with Crippen LogP contribution in [0.25, 0.3) is 0 Å². The second-order valence-corrected chi connectivity index (χ2v) is 7.14. The molecule has 0 aliphatic rings. The topological polar surface area (TPSA) is 37.3 Å². The van der Waals surface area contributed by atoms with Gasteiger partial charge in [0.05, 0.1) is 5.92 Å². The highest BCUT2D eigenvalue weighted by molar-refractivity contribution is 5.76. The van der Waals surface area contributed by atoms with Crippen molar-refractivity contribution in [3.63, 3.8) is 0 Å². The van der Waals surface area contributed by atoms with E-state index in [4.69, 9.17) is 0 Å². The number of benzene rings is 2. The van der Waals surface area contributed by atoms with Crippen molar-refractivity contribution in [1.29, 1.82) is 0 Å². The lowest BCUT2D eigenvalue weighted by Gasteiger charge is -2.20. The third-order valence-electron chi connectivity index (χ3n) is 4.28. The number of rotatable bonds is 6. The first-order chi connectivity index (χ1) is 10.9. The Morgan fingerprint density at radius 1 is 1.00 bits per heavy atom. The van der Waals surface area contributed by atoms with Gasteiger partial charge in [-0.05, 0) is 41.4 Å². The van der Waals surface area contributed by atoms with Crippen LogP contribution in [0, 0.1) is 0 Å². The van der Waals surface area contributed by atoms with E-state index in [-0.39, 0.29) is 5.41 Å². The van der Waals surface area contributed by atoms with Crippen molar-refractivity contribution in [3.05, 3.63) is 71.3 Å². The van der Waals surface area contributed by atoms with E-state index in [1.54, 1.807) is 0 Å². The molecule has 2 rings (SSSR count). The van der Waals surface area contributed by atoms with Crippen molar-refractivity contribution in [2.75, 3.05) is 0 Å². The van der Waals surface area contributed by atoms with Crippen LogP contribution >= 0.6 is 0 Å². The summed E-state index contributed by atoms with van der Waals surface area (Å²) in [6.45, 7) is 6.49. The van der Waals surface area contributed by atoms with Crippen molar-refractivity contribution < 1.29 is 9.90 Å². The molecule has 2 aromatic rings. The Labute approximate surface area is 139 Å². The zero-order valence-electron chi connectivity index (χ0n) is 14.3. The molecule has 0 fully saturated rings. The van der Waals surface area contributed by atoms with Crippen LogP contribution in [-0.4, -0.2) is 11.1 Å². The Hall–Kier alpha value is -2.09. The van der Waals surface area contributed by atoms with E-state index >= 15 is 0 Å². The molecule has 0 aromatic heterocycles. The van der Waals surface area contributed by atoms with Crippen molar-refractivity contribution in [2.24, 2.45) is 0 Å². The van der Waals surface area contributed by atoms with Gasteiger partial charge < -0.3 is 5.11 Å². The van der Waals surface area contributed by atoms with Crippen molar-refractivity contribution in [2.45, 2.75) is 51.4 Å². The Balaban J connectivity index is 2.02. The normalized spacial score (nSPS) is 12.8. The molecule has 23 heavy (non-hydrogen) atoms. The largest absolute Gasteiger partial charge is 0.481 e. The maximum atomic E-state index is 11.6. The standard InChI is InChI=1S/C21H26O2/c1-21(2,3)18-14-12-17(13-15-18)19(20(22)23)11-7-10-16-8-5-4-6-9-16/h4-6,8-9,12-15,19H,7,10-11H2,1-3H3,(H,22,23). The van der Waals surface area contributed by atoms with Gasteiger partial charge in [0.1, 0.15) is 0 Å². The number of hydrogen-bond donors (Lipinski definition) is 1. The van der Waals surface area contributed by atoms with Crippen LogP contribution in [-0.2, 0) is 16.6 Å². The van der Waals surface area contributed by atoms with E-state index < -0.39 is 11.9 Å². The smallest absolute Gasteiger partial charge is 0.310 e. The maximum absolute atomic E-state index is 11.6. The first-order valence-electron chi connectivity index (χ1n) is 8.25. The maximum Gasteiger partial charge on any atom is 0.310 e. The van der Waals surface area contributed by atoms with Gasteiger partial charge in [0, 0.05) is 0 Å². The fourth-order valence-electron chi connectivity index (χ4n) is 2.80. The second-order valence-electron chi connectivity index (χ2n) is 7.14. The predicted molar refractivity (Wildman–Crippen MR) is 94.9 cm³/mol. The fourth-order valence-corrected chi connectivity index (χ4v) is 2.80. The molecule has 1 atom stereocenters. The van der Waals surface area contributed by atoms with Crippen molar-refractivity contribution in [3.8, 4) is 0 Å². The van der Waals surface area contributed by atoms with Gasteiger partial charge in [0.15, 0.2) is 0 Å². The van der Waals surface area contributed by atoms with Gasteiger partial charge in [-0.1, -0.05) is 75.4 Å². The second kappa shape index (κ2) is 7.45. The van der Waals surface area contributed by atoms with E-state index in [0.717, 1.165) is 18.4 Å². The van der Waals surface area contributed by atoms with Crippen molar-refractivity contribution in [1.82, 2.24) is 0 Å². The lowest BCUT2D eigenvalue weighted by atomic mass is 9.85. The average Bonchev–Trinajstić information content (AvgIpc) is 2.51. The Kier molecular flexibility index (Phi) is 5.59. The Bertz CT molecular complexity index is 621. The van der Waals surface area contributed by atoms with Gasteiger partial charge in [-0.25, -0.2) is 0 Å². The van der Waals surface area contributed by atoms with Crippen LogP contribution in [0.3, 0.4) is 0 Å². The number of aliphatic carboxylic acids is 1. The quantitative estimate of drug-likeness (QED) is 0.798. The number of aryl methyl sites for hydroxylation is 1. The summed E-state index contributed by atoms with van der Waals surface area (Å²) in [5.74, 6) is -1.16. The van der Waals surface area contributed by atoms with Gasteiger partial charge in [0.2, 0.25) is 0 Å². The van der Waals surface area contributed by atoms with E-state index in [9.17, 15) is 9.90 Å². The molecule has 0 bridgehead atoms. The van der Waals surface area contributed by atoms with Crippen LogP contribution in [0.15, 0.2) is 54.6 Å². The Morgan fingerprint density at radius 3 is 2.13 bits per heavy atom.